The zero-order valence-electron chi connectivity index (χ0n) is 17.8. The number of amides is 2. The van der Waals surface area contributed by atoms with Crippen molar-refractivity contribution in [3.63, 3.8) is 0 Å². The van der Waals surface area contributed by atoms with Gasteiger partial charge in [0.1, 0.15) is 0 Å². The maximum Gasteiger partial charge on any atom is 0.418 e. The molecule has 0 unspecified atom stereocenters. The molecule has 2 amide bonds. The average molecular weight is 479 g/mol. The van der Waals surface area contributed by atoms with Gasteiger partial charge in [0, 0.05) is 24.0 Å². The van der Waals surface area contributed by atoms with Crippen molar-refractivity contribution in [1.82, 2.24) is 9.29 Å². The molecule has 7 nitrogen and oxygen atoms in total. The van der Waals surface area contributed by atoms with Gasteiger partial charge in [-0.1, -0.05) is 12.1 Å². The minimum absolute atomic E-state index is 0.0911. The van der Waals surface area contributed by atoms with Crippen LogP contribution in [0.5, 0.6) is 0 Å². The molecule has 1 aromatic heterocycles. The third-order valence-electron chi connectivity index (χ3n) is 4.83. The molecule has 0 fully saturated rings. The van der Waals surface area contributed by atoms with Crippen molar-refractivity contribution in [2.75, 3.05) is 5.32 Å². The van der Waals surface area contributed by atoms with Gasteiger partial charge < -0.3 is 9.88 Å². The molecule has 0 aliphatic carbocycles. The van der Waals surface area contributed by atoms with Crippen molar-refractivity contribution >= 4 is 27.5 Å². The summed E-state index contributed by atoms with van der Waals surface area (Å²) in [5.74, 6) is -1.31. The summed E-state index contributed by atoms with van der Waals surface area (Å²) in [6.07, 6.45) is -4.57. The number of aromatic nitrogens is 1. The fourth-order valence-electron chi connectivity index (χ4n) is 3.44. The number of halogens is 3. The number of carbonyl (C=O) groups is 2. The summed E-state index contributed by atoms with van der Waals surface area (Å²) in [6, 6.07) is 11.7. The number of rotatable bonds is 5. The van der Waals surface area contributed by atoms with Crippen LogP contribution < -0.4 is 10.0 Å². The predicted molar refractivity (Wildman–Crippen MR) is 116 cm³/mol. The molecule has 3 rings (SSSR count). The first kappa shape index (κ1) is 24.1. The topological polar surface area (TPSA) is 97.3 Å². The predicted octanol–water partition coefficient (Wildman–Crippen LogP) is 4.19. The lowest BCUT2D eigenvalue weighted by Crippen LogP contribution is -2.28. The quantitative estimate of drug-likeness (QED) is 0.574. The molecule has 33 heavy (non-hydrogen) atoms. The van der Waals surface area contributed by atoms with E-state index in [9.17, 15) is 31.2 Å². The van der Waals surface area contributed by atoms with E-state index in [-0.39, 0.29) is 21.8 Å². The average Bonchev–Trinajstić information content (AvgIpc) is 3.01. The van der Waals surface area contributed by atoms with Crippen molar-refractivity contribution in [1.29, 1.82) is 0 Å². The highest BCUT2D eigenvalue weighted by Crippen LogP contribution is 2.35. The molecule has 0 aliphatic heterocycles. The Balaban J connectivity index is 1.90. The summed E-state index contributed by atoms with van der Waals surface area (Å²) in [5, 5.41) is 2.60. The minimum Gasteiger partial charge on any atom is -0.322 e. The van der Waals surface area contributed by atoms with Crippen LogP contribution >= 0.6 is 0 Å². The molecular formula is C22H20F3N3O4S. The molecule has 0 bridgehead atoms. The SMILES string of the molecule is CC(=O)NS(=O)(=O)c1ccc(NC(=O)c2cc(C)n(-c3ccccc3C(F)(F)F)c2C)cc1. The summed E-state index contributed by atoms with van der Waals surface area (Å²) < 4.78 is 67.7. The molecule has 2 aromatic carbocycles. The second kappa shape index (κ2) is 8.74. The third-order valence-corrected chi connectivity index (χ3v) is 6.28. The number of para-hydroxylation sites is 1. The van der Waals surface area contributed by atoms with Crippen LogP contribution in [0.3, 0.4) is 0 Å². The Bertz CT molecular complexity index is 1330. The van der Waals surface area contributed by atoms with Gasteiger partial charge in [-0.15, -0.1) is 0 Å². The summed E-state index contributed by atoms with van der Waals surface area (Å²) >= 11 is 0. The summed E-state index contributed by atoms with van der Waals surface area (Å²) in [5.41, 5.74) is 0.264. The van der Waals surface area contributed by atoms with Crippen LogP contribution in [0.15, 0.2) is 59.5 Å². The molecule has 0 atom stereocenters. The molecule has 2 N–H and O–H groups in total. The third kappa shape index (κ3) is 5.08. The van der Waals surface area contributed by atoms with E-state index >= 15 is 0 Å². The van der Waals surface area contributed by atoms with Gasteiger partial charge in [-0.2, -0.15) is 13.2 Å². The Morgan fingerprint density at radius 1 is 0.970 bits per heavy atom. The van der Waals surface area contributed by atoms with Gasteiger partial charge in [0.2, 0.25) is 5.91 Å². The second-order valence-corrected chi connectivity index (χ2v) is 8.96. The highest BCUT2D eigenvalue weighted by atomic mass is 32.2. The molecule has 0 saturated carbocycles. The van der Waals surface area contributed by atoms with E-state index in [2.05, 4.69) is 5.32 Å². The summed E-state index contributed by atoms with van der Waals surface area (Å²) in [4.78, 5) is 23.7. The van der Waals surface area contributed by atoms with Gasteiger partial charge >= 0.3 is 6.18 Å². The van der Waals surface area contributed by atoms with E-state index in [1.165, 1.54) is 60.0 Å². The van der Waals surface area contributed by atoms with Crippen LogP contribution in [0.2, 0.25) is 0 Å². The Kier molecular flexibility index (Phi) is 6.37. The number of benzene rings is 2. The van der Waals surface area contributed by atoms with E-state index < -0.39 is 33.6 Å². The Labute approximate surface area is 188 Å². The number of anilines is 1. The number of sulfonamides is 1. The molecular weight excluding hydrogens is 459 g/mol. The van der Waals surface area contributed by atoms with Gasteiger partial charge in [-0.3, -0.25) is 9.59 Å². The number of hydrogen-bond donors (Lipinski definition) is 2. The van der Waals surface area contributed by atoms with Crippen molar-refractivity contribution in [3.05, 3.63) is 77.1 Å². The largest absolute Gasteiger partial charge is 0.418 e. The first-order valence-electron chi connectivity index (χ1n) is 9.61. The van der Waals surface area contributed by atoms with E-state index in [4.69, 9.17) is 0 Å². The zero-order valence-corrected chi connectivity index (χ0v) is 18.6. The van der Waals surface area contributed by atoms with E-state index in [1.807, 2.05) is 4.72 Å². The molecule has 0 aliphatic rings. The molecule has 3 aromatic rings. The number of nitrogens with zero attached hydrogens (tertiary/aromatic N) is 1. The number of nitrogens with one attached hydrogen (secondary N) is 2. The van der Waals surface area contributed by atoms with Gasteiger partial charge in [0.25, 0.3) is 15.9 Å². The van der Waals surface area contributed by atoms with E-state index in [1.54, 1.807) is 6.92 Å². The van der Waals surface area contributed by atoms with Crippen molar-refractivity contribution in [2.45, 2.75) is 31.8 Å². The second-order valence-electron chi connectivity index (χ2n) is 7.28. The van der Waals surface area contributed by atoms with E-state index in [0.717, 1.165) is 13.0 Å². The van der Waals surface area contributed by atoms with Gasteiger partial charge in [0.15, 0.2) is 0 Å². The Morgan fingerprint density at radius 3 is 2.15 bits per heavy atom. The standard InChI is InChI=1S/C22H20F3N3O4S/c1-13-12-18(14(2)28(13)20-7-5-4-6-19(20)22(23,24)25)21(30)26-16-8-10-17(11-9-16)33(31,32)27-15(3)29/h4-12H,1-3H3,(H,26,30)(H,27,29). The van der Waals surface area contributed by atoms with Gasteiger partial charge in [0.05, 0.1) is 21.7 Å². The molecule has 174 valence electrons. The molecule has 0 spiro atoms. The number of aryl methyl sites for hydroxylation is 1. The monoisotopic (exact) mass is 479 g/mol. The van der Waals surface area contributed by atoms with Gasteiger partial charge in [-0.25, -0.2) is 13.1 Å². The lowest BCUT2D eigenvalue weighted by atomic mass is 10.1. The highest BCUT2D eigenvalue weighted by molar-refractivity contribution is 7.90. The van der Waals surface area contributed by atoms with Crippen molar-refractivity contribution < 1.29 is 31.2 Å². The van der Waals surface area contributed by atoms with Crippen LogP contribution in [0.1, 0.15) is 34.2 Å². The number of alkyl halides is 3. The maximum atomic E-state index is 13.5. The smallest absolute Gasteiger partial charge is 0.322 e. The summed E-state index contributed by atoms with van der Waals surface area (Å²) in [7, 11) is -4.02. The maximum absolute atomic E-state index is 13.5. The molecule has 1 heterocycles. The molecule has 11 heteroatoms. The zero-order chi connectivity index (χ0) is 24.6. The van der Waals surface area contributed by atoms with E-state index in [0.29, 0.717) is 11.4 Å². The fourth-order valence-corrected chi connectivity index (χ4v) is 4.43. The first-order valence-corrected chi connectivity index (χ1v) is 11.1. The summed E-state index contributed by atoms with van der Waals surface area (Å²) in [6.45, 7) is 4.20. The normalized spacial score (nSPS) is 11.8. The van der Waals surface area contributed by atoms with Crippen molar-refractivity contribution in [3.8, 4) is 5.69 Å². The lowest BCUT2D eigenvalue weighted by molar-refractivity contribution is -0.137. The fraction of sp³-hybridized carbons (Fsp3) is 0.182. The van der Waals surface area contributed by atoms with Crippen LogP contribution in [0, 0.1) is 13.8 Å². The number of hydrogen-bond acceptors (Lipinski definition) is 4. The van der Waals surface area contributed by atoms with Crippen molar-refractivity contribution in [2.24, 2.45) is 0 Å². The minimum atomic E-state index is -4.57. The highest BCUT2D eigenvalue weighted by Gasteiger charge is 2.34. The molecule has 0 saturated heterocycles. The van der Waals surface area contributed by atoms with Gasteiger partial charge in [-0.05, 0) is 56.3 Å². The number of carbonyl (C=O) groups excluding carboxylic acids is 2. The Morgan fingerprint density at radius 2 is 1.58 bits per heavy atom. The van der Waals surface area contributed by atoms with Crippen LogP contribution in [0.4, 0.5) is 18.9 Å². The van der Waals surface area contributed by atoms with Crippen LogP contribution in [0.25, 0.3) is 5.69 Å². The Hall–Kier alpha value is -3.60. The lowest BCUT2D eigenvalue weighted by Gasteiger charge is -2.16. The molecule has 0 radical (unpaired) electrons. The van der Waals surface area contributed by atoms with Crippen LogP contribution in [-0.4, -0.2) is 24.8 Å². The first-order chi connectivity index (χ1) is 15.3. The van der Waals surface area contributed by atoms with Crippen LogP contribution in [-0.2, 0) is 21.0 Å².